The second kappa shape index (κ2) is 29.4. The van der Waals surface area contributed by atoms with Crippen LogP contribution in [0.25, 0.3) is 0 Å². The number of esters is 5. The van der Waals surface area contributed by atoms with Crippen LogP contribution in [0.15, 0.2) is 98.1 Å². The minimum absolute atomic E-state index is 0.112. The highest BCUT2D eigenvalue weighted by Gasteiger charge is 2.13. The zero-order valence-electron chi connectivity index (χ0n) is 34.8. The molecular formula is C49H60O11. The molecular weight excluding hydrogens is 765 g/mol. The number of allylic oxidation sites excluding steroid dienone is 1. The van der Waals surface area contributed by atoms with Crippen LogP contribution in [-0.2, 0) is 23.9 Å². The molecule has 0 saturated heterocycles. The molecule has 0 aliphatic carbocycles. The van der Waals surface area contributed by atoms with Crippen LogP contribution in [0.3, 0.4) is 0 Å². The van der Waals surface area contributed by atoms with Crippen LogP contribution in [0, 0.1) is 0 Å². The molecule has 11 nitrogen and oxygen atoms in total. The molecule has 0 unspecified atom stereocenters. The van der Waals surface area contributed by atoms with E-state index in [0.29, 0.717) is 37.4 Å². The molecule has 0 aliphatic heterocycles. The van der Waals surface area contributed by atoms with Crippen molar-refractivity contribution in [2.24, 2.45) is 0 Å². The third kappa shape index (κ3) is 21.2. The van der Waals surface area contributed by atoms with Crippen LogP contribution in [0.5, 0.6) is 23.0 Å². The molecule has 0 saturated carbocycles. The van der Waals surface area contributed by atoms with Gasteiger partial charge < -0.3 is 23.7 Å². The van der Waals surface area contributed by atoms with Crippen LogP contribution in [-0.4, -0.2) is 42.2 Å². The second-order valence-corrected chi connectivity index (χ2v) is 14.5. The largest absolute Gasteiger partial charge is 0.463 e. The maximum absolute atomic E-state index is 12.7. The van der Waals surface area contributed by atoms with Crippen molar-refractivity contribution in [1.82, 2.24) is 0 Å². The zero-order valence-corrected chi connectivity index (χ0v) is 34.8. The summed E-state index contributed by atoms with van der Waals surface area (Å²) in [6.07, 6.45) is 20.9. The van der Waals surface area contributed by atoms with E-state index in [9.17, 15) is 28.8 Å². The summed E-state index contributed by atoms with van der Waals surface area (Å²) >= 11 is 0. The molecule has 11 heteroatoms. The molecule has 0 aromatic heterocycles. The van der Waals surface area contributed by atoms with Crippen molar-refractivity contribution in [3.8, 4) is 23.0 Å². The average molecular weight is 825 g/mol. The van der Waals surface area contributed by atoms with E-state index in [4.69, 9.17) is 23.7 Å². The third-order valence-electron chi connectivity index (χ3n) is 9.61. The molecule has 3 rings (SSSR count). The number of unbranched alkanes of at least 4 members (excludes halogenated alkanes) is 15. The van der Waals surface area contributed by atoms with Crippen molar-refractivity contribution in [2.45, 2.75) is 128 Å². The Hall–Kier alpha value is -5.84. The predicted molar refractivity (Wildman–Crippen MR) is 229 cm³/mol. The molecule has 322 valence electrons. The van der Waals surface area contributed by atoms with Gasteiger partial charge in [-0.2, -0.15) is 0 Å². The van der Waals surface area contributed by atoms with Gasteiger partial charge in [0.15, 0.2) is 5.78 Å². The Balaban J connectivity index is 1.25. The molecule has 0 atom stereocenters. The number of hydrogen-bond acceptors (Lipinski definition) is 11. The van der Waals surface area contributed by atoms with Gasteiger partial charge in [0.05, 0.1) is 17.7 Å². The quantitative estimate of drug-likeness (QED) is 0.0264. The summed E-state index contributed by atoms with van der Waals surface area (Å²) in [5.41, 5.74) is 0.535. The fourth-order valence-electron chi connectivity index (χ4n) is 6.16. The van der Waals surface area contributed by atoms with Crippen LogP contribution < -0.4 is 18.9 Å². The monoisotopic (exact) mass is 824 g/mol. The molecule has 0 N–H and O–H groups in total. The van der Waals surface area contributed by atoms with Gasteiger partial charge >= 0.3 is 29.8 Å². The molecule has 0 radical (unpaired) electrons. The number of hydrogen-bond donors (Lipinski definition) is 0. The normalized spacial score (nSPS) is 10.6. The lowest BCUT2D eigenvalue weighted by atomic mass is 10.0. The first kappa shape index (κ1) is 48.5. The maximum atomic E-state index is 12.7. The molecule has 3 aromatic rings. The van der Waals surface area contributed by atoms with E-state index >= 15 is 0 Å². The standard InChI is InChI=1S/C49H60O11/c1-3-40(50)22-18-14-10-6-5-7-11-15-19-23-46(52)57-41-29-25-38(26-30-41)48(54)59-43-33-35-44(36-34-43)60-49(55)39-27-31-42(32-28-39)58-47(53)24-20-16-12-8-9-13-17-21-37-56-45(51)4-2/h3-4,25-36H,1-2,5-24,37H2. The van der Waals surface area contributed by atoms with Gasteiger partial charge in [0.25, 0.3) is 0 Å². The van der Waals surface area contributed by atoms with E-state index in [2.05, 4.69) is 13.2 Å². The molecule has 0 fully saturated rings. The van der Waals surface area contributed by atoms with Crippen molar-refractivity contribution in [3.63, 3.8) is 0 Å². The highest BCUT2D eigenvalue weighted by atomic mass is 16.6. The summed E-state index contributed by atoms with van der Waals surface area (Å²) in [7, 11) is 0. The molecule has 0 bridgehead atoms. The van der Waals surface area contributed by atoms with E-state index in [1.807, 2.05) is 0 Å². The van der Waals surface area contributed by atoms with E-state index in [1.54, 1.807) is 24.3 Å². The molecule has 0 spiro atoms. The summed E-state index contributed by atoms with van der Waals surface area (Å²) in [5, 5.41) is 0. The number of benzene rings is 3. The van der Waals surface area contributed by atoms with E-state index in [-0.39, 0.29) is 46.3 Å². The van der Waals surface area contributed by atoms with E-state index < -0.39 is 11.9 Å². The average Bonchev–Trinajstić information content (AvgIpc) is 3.25. The second-order valence-electron chi connectivity index (χ2n) is 14.5. The molecule has 0 amide bonds. The van der Waals surface area contributed by atoms with Crippen molar-refractivity contribution in [1.29, 1.82) is 0 Å². The summed E-state index contributed by atoms with van der Waals surface area (Å²) in [6.45, 7) is 7.29. The summed E-state index contributed by atoms with van der Waals surface area (Å²) in [5.74, 6) is -0.967. The summed E-state index contributed by atoms with van der Waals surface area (Å²) in [4.78, 5) is 72.3. The van der Waals surface area contributed by atoms with Crippen LogP contribution in [0.2, 0.25) is 0 Å². The minimum Gasteiger partial charge on any atom is -0.463 e. The van der Waals surface area contributed by atoms with Gasteiger partial charge in [-0.15, -0.1) is 0 Å². The smallest absolute Gasteiger partial charge is 0.343 e. The lowest BCUT2D eigenvalue weighted by Gasteiger charge is -2.08. The van der Waals surface area contributed by atoms with E-state index in [1.165, 1.54) is 60.7 Å². The molecule has 3 aromatic carbocycles. The first-order valence-corrected chi connectivity index (χ1v) is 21.3. The first-order chi connectivity index (χ1) is 29.2. The maximum Gasteiger partial charge on any atom is 0.343 e. The topological polar surface area (TPSA) is 149 Å². The number of ether oxygens (including phenoxy) is 5. The number of ketones is 1. The first-order valence-electron chi connectivity index (χ1n) is 21.3. The number of carbonyl (C=O) groups is 6. The molecule has 0 heterocycles. The highest BCUT2D eigenvalue weighted by molar-refractivity contribution is 5.92. The predicted octanol–water partition coefficient (Wildman–Crippen LogP) is 11.2. The van der Waals surface area contributed by atoms with Gasteiger partial charge in [0.2, 0.25) is 0 Å². The Morgan fingerprint density at radius 3 is 1.07 bits per heavy atom. The van der Waals surface area contributed by atoms with Crippen LogP contribution >= 0.6 is 0 Å². The Morgan fingerprint density at radius 2 is 0.700 bits per heavy atom. The Kier molecular flexibility index (Phi) is 23.8. The fraction of sp³-hybridized carbons (Fsp3) is 0.429. The number of rotatable bonds is 31. The Labute approximate surface area is 354 Å². The Bertz CT molecular complexity index is 1660. The van der Waals surface area contributed by atoms with Crippen LogP contribution in [0.1, 0.15) is 149 Å². The number of carbonyl (C=O) groups excluding carboxylic acids is 6. The van der Waals surface area contributed by atoms with Crippen LogP contribution in [0.4, 0.5) is 0 Å². The van der Waals surface area contributed by atoms with Crippen molar-refractivity contribution in [2.75, 3.05) is 6.61 Å². The SMILES string of the molecule is C=CC(=O)CCCCCCCCCCCC(=O)Oc1ccc(C(=O)Oc2ccc(OC(=O)c3ccc(OC(=O)CCCCCCCCCCOC(=O)C=C)cc3)cc2)cc1. The Morgan fingerprint density at radius 1 is 0.383 bits per heavy atom. The van der Waals surface area contributed by atoms with E-state index in [0.717, 1.165) is 109 Å². The summed E-state index contributed by atoms with van der Waals surface area (Å²) < 4.78 is 26.7. The third-order valence-corrected chi connectivity index (χ3v) is 9.61. The van der Waals surface area contributed by atoms with Gasteiger partial charge in [0.1, 0.15) is 23.0 Å². The fourth-order valence-corrected chi connectivity index (χ4v) is 6.16. The van der Waals surface area contributed by atoms with Gasteiger partial charge in [-0.25, -0.2) is 14.4 Å². The van der Waals surface area contributed by atoms with Gasteiger partial charge in [-0.3, -0.25) is 14.4 Å². The van der Waals surface area contributed by atoms with Crippen molar-refractivity contribution >= 4 is 35.6 Å². The molecule has 0 aliphatic rings. The van der Waals surface area contributed by atoms with Crippen molar-refractivity contribution < 1.29 is 52.5 Å². The van der Waals surface area contributed by atoms with Crippen molar-refractivity contribution in [3.05, 3.63) is 109 Å². The zero-order chi connectivity index (χ0) is 43.2. The summed E-state index contributed by atoms with van der Waals surface area (Å²) in [6, 6.07) is 18.3. The lowest BCUT2D eigenvalue weighted by Crippen LogP contribution is -2.11. The minimum atomic E-state index is -0.608. The highest BCUT2D eigenvalue weighted by Crippen LogP contribution is 2.22. The van der Waals surface area contributed by atoms with Gasteiger partial charge in [-0.05, 0) is 105 Å². The van der Waals surface area contributed by atoms with Gasteiger partial charge in [0, 0.05) is 25.3 Å². The lowest BCUT2D eigenvalue weighted by molar-refractivity contribution is -0.138. The molecule has 60 heavy (non-hydrogen) atoms. The van der Waals surface area contributed by atoms with Gasteiger partial charge in [-0.1, -0.05) is 96.6 Å².